The highest BCUT2D eigenvalue weighted by molar-refractivity contribution is 5.85. The number of hydrogen-bond donors (Lipinski definition) is 1. The van der Waals surface area contributed by atoms with Gasteiger partial charge in [0, 0.05) is 0 Å². The molecule has 0 radical (unpaired) electrons. The molecule has 3 heteroatoms. The summed E-state index contributed by atoms with van der Waals surface area (Å²) in [7, 11) is 0. The number of fused-ring (bicyclic) bond motifs is 1. The summed E-state index contributed by atoms with van der Waals surface area (Å²) >= 11 is 0. The van der Waals surface area contributed by atoms with E-state index in [0.29, 0.717) is 6.61 Å². The lowest BCUT2D eigenvalue weighted by molar-refractivity contribution is -0.153. The summed E-state index contributed by atoms with van der Waals surface area (Å²) in [6.07, 6.45) is 4.10. The Bertz CT molecular complexity index is 521. The highest BCUT2D eigenvalue weighted by Crippen LogP contribution is 2.43. The summed E-state index contributed by atoms with van der Waals surface area (Å²) in [6, 6.07) is 8.16. The molecule has 2 atom stereocenters. The van der Waals surface area contributed by atoms with Gasteiger partial charge in [0.05, 0.1) is 12.6 Å². The monoisotopic (exact) mass is 273 g/mol. The standard InChI is InChI=1S/C17H23NO2/c1-5-9-15-13-10-7-8-11-14(13)17(18-15,12(3)4)16(19)20-6-2/h5,7-12,15,18H,6H2,1-4H3/b9-5+/t15-,17-/m1/s1. The van der Waals surface area contributed by atoms with Crippen LogP contribution in [0.25, 0.3) is 0 Å². The molecular formula is C17H23NO2. The Kier molecular flexibility index (Phi) is 4.29. The molecule has 1 aliphatic rings. The molecular weight excluding hydrogens is 250 g/mol. The van der Waals surface area contributed by atoms with Crippen LogP contribution in [0.15, 0.2) is 36.4 Å². The van der Waals surface area contributed by atoms with Crippen molar-refractivity contribution in [2.24, 2.45) is 5.92 Å². The van der Waals surface area contributed by atoms with Gasteiger partial charge < -0.3 is 4.74 Å². The summed E-state index contributed by atoms with van der Waals surface area (Å²) in [5.41, 5.74) is 1.44. The number of hydrogen-bond acceptors (Lipinski definition) is 3. The van der Waals surface area contributed by atoms with Crippen LogP contribution in [0.2, 0.25) is 0 Å². The van der Waals surface area contributed by atoms with Crippen molar-refractivity contribution in [3.8, 4) is 0 Å². The van der Waals surface area contributed by atoms with Crippen LogP contribution >= 0.6 is 0 Å². The minimum Gasteiger partial charge on any atom is -0.464 e. The first kappa shape index (κ1) is 14.8. The average molecular weight is 273 g/mol. The molecule has 0 amide bonds. The molecule has 1 aromatic rings. The van der Waals surface area contributed by atoms with Crippen molar-refractivity contribution in [3.05, 3.63) is 47.5 Å². The van der Waals surface area contributed by atoms with Gasteiger partial charge in [0.1, 0.15) is 5.54 Å². The van der Waals surface area contributed by atoms with Gasteiger partial charge in [-0.25, -0.2) is 4.79 Å². The molecule has 1 aromatic carbocycles. The summed E-state index contributed by atoms with van der Waals surface area (Å²) in [5, 5.41) is 3.49. The molecule has 108 valence electrons. The molecule has 0 fully saturated rings. The lowest BCUT2D eigenvalue weighted by Gasteiger charge is -2.33. The zero-order valence-electron chi connectivity index (χ0n) is 12.6. The fraction of sp³-hybridized carbons (Fsp3) is 0.471. The summed E-state index contributed by atoms with van der Waals surface area (Å²) < 4.78 is 5.35. The second-order valence-electron chi connectivity index (χ2n) is 5.42. The van der Waals surface area contributed by atoms with Crippen molar-refractivity contribution >= 4 is 5.97 Å². The third-order valence-electron chi connectivity index (χ3n) is 3.95. The molecule has 0 spiro atoms. The van der Waals surface area contributed by atoms with Crippen molar-refractivity contribution in [2.75, 3.05) is 6.61 Å². The first-order chi connectivity index (χ1) is 9.57. The van der Waals surface area contributed by atoms with Crippen LogP contribution in [0.3, 0.4) is 0 Å². The lowest BCUT2D eigenvalue weighted by atomic mass is 9.80. The Hall–Kier alpha value is -1.61. The number of carbonyl (C=O) groups is 1. The number of nitrogens with one attached hydrogen (secondary N) is 1. The van der Waals surface area contributed by atoms with Gasteiger partial charge in [-0.05, 0) is 30.9 Å². The van der Waals surface area contributed by atoms with Crippen LogP contribution in [0.1, 0.15) is 44.9 Å². The Morgan fingerprint density at radius 1 is 1.45 bits per heavy atom. The Labute approximate surface area is 121 Å². The van der Waals surface area contributed by atoms with Crippen molar-refractivity contribution in [1.29, 1.82) is 0 Å². The van der Waals surface area contributed by atoms with E-state index in [0.717, 1.165) is 11.1 Å². The average Bonchev–Trinajstić information content (AvgIpc) is 2.76. The molecule has 1 heterocycles. The Morgan fingerprint density at radius 2 is 2.15 bits per heavy atom. The maximum atomic E-state index is 12.6. The zero-order valence-corrected chi connectivity index (χ0v) is 12.6. The quantitative estimate of drug-likeness (QED) is 0.675. The molecule has 0 saturated carbocycles. The van der Waals surface area contributed by atoms with Gasteiger partial charge in [0.2, 0.25) is 0 Å². The predicted octanol–water partition coefficient (Wildman–Crippen LogP) is 3.32. The second kappa shape index (κ2) is 5.80. The highest BCUT2D eigenvalue weighted by Gasteiger charge is 2.51. The maximum absolute atomic E-state index is 12.6. The summed E-state index contributed by atoms with van der Waals surface area (Å²) in [4.78, 5) is 12.6. The zero-order chi connectivity index (χ0) is 14.8. The van der Waals surface area contributed by atoms with Crippen LogP contribution in [-0.2, 0) is 15.1 Å². The van der Waals surface area contributed by atoms with Crippen LogP contribution in [0, 0.1) is 5.92 Å². The number of rotatable bonds is 4. The van der Waals surface area contributed by atoms with Crippen molar-refractivity contribution in [3.63, 3.8) is 0 Å². The fourth-order valence-corrected chi connectivity index (χ4v) is 3.00. The number of benzene rings is 1. The van der Waals surface area contributed by atoms with E-state index < -0.39 is 5.54 Å². The molecule has 3 nitrogen and oxygen atoms in total. The van der Waals surface area contributed by atoms with E-state index in [1.807, 2.05) is 38.1 Å². The first-order valence-electron chi connectivity index (χ1n) is 7.25. The van der Waals surface area contributed by atoms with E-state index in [1.165, 1.54) is 0 Å². The number of esters is 1. The van der Waals surface area contributed by atoms with E-state index in [9.17, 15) is 4.79 Å². The fourth-order valence-electron chi connectivity index (χ4n) is 3.00. The Morgan fingerprint density at radius 3 is 2.75 bits per heavy atom. The summed E-state index contributed by atoms with van der Waals surface area (Å²) in [6.45, 7) is 8.34. The number of ether oxygens (including phenoxy) is 1. The van der Waals surface area contributed by atoms with Crippen LogP contribution in [0.4, 0.5) is 0 Å². The lowest BCUT2D eigenvalue weighted by Crippen LogP contribution is -2.50. The van der Waals surface area contributed by atoms with E-state index in [1.54, 1.807) is 0 Å². The van der Waals surface area contributed by atoms with E-state index >= 15 is 0 Å². The molecule has 0 aromatic heterocycles. The van der Waals surface area contributed by atoms with Crippen molar-refractivity contribution in [1.82, 2.24) is 5.32 Å². The smallest absolute Gasteiger partial charge is 0.331 e. The SMILES string of the molecule is C/C=C/[C@H]1N[C@](C(=O)OCC)(C(C)C)c2ccccc21. The molecule has 1 N–H and O–H groups in total. The highest BCUT2D eigenvalue weighted by atomic mass is 16.5. The van der Waals surface area contributed by atoms with Gasteiger partial charge in [-0.1, -0.05) is 50.3 Å². The van der Waals surface area contributed by atoms with Gasteiger partial charge >= 0.3 is 5.97 Å². The first-order valence-corrected chi connectivity index (χ1v) is 7.25. The molecule has 2 rings (SSSR count). The van der Waals surface area contributed by atoms with Crippen molar-refractivity contribution < 1.29 is 9.53 Å². The Balaban J connectivity index is 2.57. The number of allylic oxidation sites excluding steroid dienone is 1. The van der Waals surface area contributed by atoms with Gasteiger partial charge in [0.25, 0.3) is 0 Å². The van der Waals surface area contributed by atoms with Crippen LogP contribution < -0.4 is 5.32 Å². The third-order valence-corrected chi connectivity index (χ3v) is 3.95. The predicted molar refractivity (Wildman–Crippen MR) is 80.3 cm³/mol. The van der Waals surface area contributed by atoms with E-state index in [-0.39, 0.29) is 17.9 Å². The maximum Gasteiger partial charge on any atom is 0.331 e. The molecule has 1 aliphatic heterocycles. The largest absolute Gasteiger partial charge is 0.464 e. The molecule has 0 aliphatic carbocycles. The molecule has 0 unspecified atom stereocenters. The second-order valence-corrected chi connectivity index (χ2v) is 5.42. The third kappa shape index (κ3) is 2.16. The molecule has 0 saturated heterocycles. The van der Waals surface area contributed by atoms with E-state index in [2.05, 4.69) is 31.3 Å². The van der Waals surface area contributed by atoms with Gasteiger partial charge in [-0.3, -0.25) is 5.32 Å². The number of carbonyl (C=O) groups excluding carboxylic acids is 1. The minimum absolute atomic E-state index is 0.0583. The topological polar surface area (TPSA) is 38.3 Å². The van der Waals surface area contributed by atoms with Gasteiger partial charge in [-0.2, -0.15) is 0 Å². The summed E-state index contributed by atoms with van der Waals surface area (Å²) in [5.74, 6) is -0.0765. The van der Waals surface area contributed by atoms with Crippen LogP contribution in [0.5, 0.6) is 0 Å². The van der Waals surface area contributed by atoms with E-state index in [4.69, 9.17) is 4.74 Å². The molecule has 0 bridgehead atoms. The van der Waals surface area contributed by atoms with Crippen LogP contribution in [-0.4, -0.2) is 12.6 Å². The molecule has 20 heavy (non-hydrogen) atoms. The minimum atomic E-state index is -0.753. The van der Waals surface area contributed by atoms with Gasteiger partial charge in [0.15, 0.2) is 0 Å². The van der Waals surface area contributed by atoms with Crippen molar-refractivity contribution in [2.45, 2.75) is 39.3 Å². The normalized spacial score (nSPS) is 25.1. The van der Waals surface area contributed by atoms with Gasteiger partial charge in [-0.15, -0.1) is 0 Å².